The quantitative estimate of drug-likeness (QED) is 0.784. The van der Waals surface area contributed by atoms with E-state index in [1.54, 1.807) is 0 Å². The fraction of sp³-hybridized carbons (Fsp3) is 0.714. The number of hydrogen-bond donors (Lipinski definition) is 1. The third-order valence-electron chi connectivity index (χ3n) is 2.69. The van der Waals surface area contributed by atoms with Gasteiger partial charge in [-0.3, -0.25) is 0 Å². The van der Waals surface area contributed by atoms with Crippen molar-refractivity contribution < 1.29 is 0 Å². The first-order chi connectivity index (χ1) is 8.61. The average Bonchev–Trinajstić information content (AvgIpc) is 2.36. The molecule has 0 bridgehead atoms. The van der Waals surface area contributed by atoms with Gasteiger partial charge < -0.3 is 5.32 Å². The van der Waals surface area contributed by atoms with Gasteiger partial charge in [0.05, 0.1) is 11.4 Å². The molecule has 1 aromatic rings. The normalized spacial score (nSPS) is 12.9. The van der Waals surface area contributed by atoms with E-state index in [0.29, 0.717) is 11.2 Å². The third-order valence-corrected chi connectivity index (χ3v) is 4.02. The van der Waals surface area contributed by atoms with Crippen LogP contribution in [0.5, 0.6) is 0 Å². The molecule has 18 heavy (non-hydrogen) atoms. The van der Waals surface area contributed by atoms with Gasteiger partial charge in [0.15, 0.2) is 0 Å². The van der Waals surface area contributed by atoms with Gasteiger partial charge in [-0.2, -0.15) is 11.8 Å². The lowest BCUT2D eigenvalue weighted by molar-refractivity contribution is 0.547. The van der Waals surface area contributed by atoms with Crippen LogP contribution in [0.4, 0.5) is 0 Å². The number of aromatic nitrogens is 2. The van der Waals surface area contributed by atoms with E-state index in [1.807, 2.05) is 24.0 Å². The molecule has 0 aliphatic heterocycles. The summed E-state index contributed by atoms with van der Waals surface area (Å²) in [6, 6.07) is 1.99. The van der Waals surface area contributed by atoms with Crippen molar-refractivity contribution in [1.82, 2.24) is 15.3 Å². The van der Waals surface area contributed by atoms with Crippen LogP contribution in [0.1, 0.15) is 45.6 Å². The van der Waals surface area contributed by atoms with E-state index < -0.39 is 0 Å². The lowest BCUT2D eigenvalue weighted by atomic mass is 10.2. The van der Waals surface area contributed by atoms with Crippen LogP contribution in [0.15, 0.2) is 12.3 Å². The Labute approximate surface area is 115 Å². The number of thioether (sulfide) groups is 1. The first-order valence-electron chi connectivity index (χ1n) is 6.75. The largest absolute Gasteiger partial charge is 0.311 e. The highest BCUT2D eigenvalue weighted by molar-refractivity contribution is 7.99. The van der Waals surface area contributed by atoms with Crippen LogP contribution >= 0.6 is 11.8 Å². The molecule has 1 N–H and O–H groups in total. The first-order valence-corrected chi connectivity index (χ1v) is 7.79. The van der Waals surface area contributed by atoms with Crippen LogP contribution in [0.3, 0.4) is 0 Å². The molecule has 1 heterocycles. The second kappa shape index (κ2) is 8.48. The van der Waals surface area contributed by atoms with E-state index in [9.17, 15) is 0 Å². The molecular weight excluding hydrogens is 242 g/mol. The third kappa shape index (κ3) is 6.36. The van der Waals surface area contributed by atoms with Crippen LogP contribution in [0, 0.1) is 5.92 Å². The number of nitrogens with zero attached hydrogens (tertiary/aromatic N) is 2. The predicted molar refractivity (Wildman–Crippen MR) is 79.6 cm³/mol. The van der Waals surface area contributed by atoms with Gasteiger partial charge in [-0.15, -0.1) is 0 Å². The molecule has 0 aromatic carbocycles. The van der Waals surface area contributed by atoms with Crippen molar-refractivity contribution in [2.24, 2.45) is 5.92 Å². The molecule has 1 atom stereocenters. The highest BCUT2D eigenvalue weighted by atomic mass is 32.2. The molecule has 0 aliphatic rings. The van der Waals surface area contributed by atoms with Crippen LogP contribution in [0.2, 0.25) is 0 Å². The molecule has 0 aliphatic carbocycles. The van der Waals surface area contributed by atoms with Crippen molar-refractivity contribution in [3.63, 3.8) is 0 Å². The second-order valence-corrected chi connectivity index (χ2v) is 6.45. The first kappa shape index (κ1) is 15.4. The molecule has 0 radical (unpaired) electrons. The van der Waals surface area contributed by atoms with E-state index in [2.05, 4.69) is 43.0 Å². The fourth-order valence-electron chi connectivity index (χ4n) is 1.43. The Kier molecular flexibility index (Phi) is 7.28. The van der Waals surface area contributed by atoms with Gasteiger partial charge in [0.25, 0.3) is 0 Å². The average molecular weight is 267 g/mol. The van der Waals surface area contributed by atoms with Crippen molar-refractivity contribution in [2.75, 3.05) is 6.54 Å². The summed E-state index contributed by atoms with van der Waals surface area (Å²) >= 11 is 1.92. The molecule has 102 valence electrons. The predicted octanol–water partition coefficient (Wildman–Crippen LogP) is 3.25. The van der Waals surface area contributed by atoms with Crippen LogP contribution in [0.25, 0.3) is 0 Å². The Morgan fingerprint density at radius 2 is 2.11 bits per heavy atom. The van der Waals surface area contributed by atoms with Gasteiger partial charge >= 0.3 is 0 Å². The van der Waals surface area contributed by atoms with E-state index in [1.165, 1.54) is 6.42 Å². The molecule has 1 aromatic heterocycles. The molecular formula is C14H25N3S. The number of nitrogens with one attached hydrogen (secondary N) is 1. The van der Waals surface area contributed by atoms with Crippen LogP contribution in [-0.2, 0) is 12.3 Å². The maximum Gasteiger partial charge on any atom is 0.138 e. The monoisotopic (exact) mass is 267 g/mol. The minimum absolute atomic E-state index is 0.673. The zero-order valence-corrected chi connectivity index (χ0v) is 12.8. The van der Waals surface area contributed by atoms with Crippen molar-refractivity contribution in [2.45, 2.75) is 51.7 Å². The van der Waals surface area contributed by atoms with Gasteiger partial charge in [-0.1, -0.05) is 27.7 Å². The Balaban J connectivity index is 2.41. The molecule has 0 amide bonds. The van der Waals surface area contributed by atoms with Gasteiger partial charge in [0.2, 0.25) is 0 Å². The van der Waals surface area contributed by atoms with Gasteiger partial charge in [-0.05, 0) is 24.9 Å². The molecule has 1 rings (SSSR count). The van der Waals surface area contributed by atoms with Crippen molar-refractivity contribution in [3.8, 4) is 0 Å². The van der Waals surface area contributed by atoms with Crippen molar-refractivity contribution in [1.29, 1.82) is 0 Å². The van der Waals surface area contributed by atoms with E-state index in [0.717, 1.165) is 30.4 Å². The summed E-state index contributed by atoms with van der Waals surface area (Å²) in [5.74, 6) is 2.53. The lowest BCUT2D eigenvalue weighted by Gasteiger charge is -2.09. The summed E-state index contributed by atoms with van der Waals surface area (Å²) in [6.45, 7) is 10.7. The minimum atomic E-state index is 0.673. The van der Waals surface area contributed by atoms with Gasteiger partial charge in [0, 0.05) is 18.0 Å². The van der Waals surface area contributed by atoms with E-state index in [4.69, 9.17) is 0 Å². The van der Waals surface area contributed by atoms with Crippen molar-refractivity contribution >= 4 is 11.8 Å². The summed E-state index contributed by atoms with van der Waals surface area (Å²) in [4.78, 5) is 8.91. The zero-order chi connectivity index (χ0) is 13.4. The smallest absolute Gasteiger partial charge is 0.138 e. The maximum atomic E-state index is 4.58. The molecule has 0 fully saturated rings. The van der Waals surface area contributed by atoms with Gasteiger partial charge in [0.1, 0.15) is 5.82 Å². The standard InChI is InChI=1S/C14H25N3S/c1-5-12(4)18-10-14-16-7-6-13(17-14)9-15-8-11(2)3/h6-7,11-12,15H,5,8-10H2,1-4H3. The van der Waals surface area contributed by atoms with Crippen LogP contribution in [-0.4, -0.2) is 21.8 Å². The van der Waals surface area contributed by atoms with E-state index >= 15 is 0 Å². The summed E-state index contributed by atoms with van der Waals surface area (Å²) in [7, 11) is 0. The molecule has 4 heteroatoms. The molecule has 0 saturated heterocycles. The Bertz CT molecular complexity index is 342. The fourth-order valence-corrected chi connectivity index (χ4v) is 2.24. The summed E-state index contributed by atoms with van der Waals surface area (Å²) in [5, 5.41) is 4.08. The molecule has 1 unspecified atom stereocenters. The van der Waals surface area contributed by atoms with Gasteiger partial charge in [-0.25, -0.2) is 9.97 Å². The highest BCUT2D eigenvalue weighted by Crippen LogP contribution is 2.17. The van der Waals surface area contributed by atoms with Crippen molar-refractivity contribution in [3.05, 3.63) is 23.8 Å². The van der Waals surface area contributed by atoms with E-state index in [-0.39, 0.29) is 0 Å². The Morgan fingerprint density at radius 3 is 2.78 bits per heavy atom. The zero-order valence-electron chi connectivity index (χ0n) is 11.9. The SMILES string of the molecule is CCC(C)SCc1nccc(CNCC(C)C)n1. The minimum Gasteiger partial charge on any atom is -0.311 e. The topological polar surface area (TPSA) is 37.8 Å². The second-order valence-electron chi connectivity index (χ2n) is 5.02. The summed E-state index contributed by atoms with van der Waals surface area (Å²) in [6.07, 6.45) is 3.06. The molecule has 0 saturated carbocycles. The van der Waals surface area contributed by atoms with Crippen LogP contribution < -0.4 is 5.32 Å². The number of rotatable bonds is 8. The Hall–Kier alpha value is -0.610. The Morgan fingerprint density at radius 1 is 1.33 bits per heavy atom. The maximum absolute atomic E-state index is 4.58. The number of hydrogen-bond acceptors (Lipinski definition) is 4. The highest BCUT2D eigenvalue weighted by Gasteiger charge is 2.04. The molecule has 0 spiro atoms. The lowest BCUT2D eigenvalue weighted by Crippen LogP contribution is -2.20. The summed E-state index contributed by atoms with van der Waals surface area (Å²) in [5.41, 5.74) is 1.09. The molecule has 3 nitrogen and oxygen atoms in total. The summed E-state index contributed by atoms with van der Waals surface area (Å²) < 4.78 is 0.